The molecule has 37 heavy (non-hydrogen) atoms. The number of esters is 1. The largest absolute Gasteiger partial charge is 0.460 e. The predicted molar refractivity (Wildman–Crippen MR) is 144 cm³/mol. The second-order valence-electron chi connectivity index (χ2n) is 8.59. The van der Waals surface area contributed by atoms with Crippen molar-refractivity contribution in [2.45, 2.75) is 26.3 Å². The van der Waals surface area contributed by atoms with E-state index in [-0.39, 0.29) is 18.9 Å². The molecule has 0 saturated heterocycles. The van der Waals surface area contributed by atoms with Crippen molar-refractivity contribution in [3.8, 4) is 11.5 Å². The number of fused-ring (bicyclic) bond motifs is 1. The smallest absolute Gasteiger partial charge is 0.338 e. The fraction of sp³-hybridized carbons (Fsp3) is 0.321. The van der Waals surface area contributed by atoms with E-state index in [9.17, 15) is 9.59 Å². The van der Waals surface area contributed by atoms with Crippen LogP contribution in [0.4, 0.5) is 0 Å². The van der Waals surface area contributed by atoms with E-state index in [4.69, 9.17) is 19.2 Å². The Labute approximate surface area is 221 Å². The zero-order valence-corrected chi connectivity index (χ0v) is 22.3. The Balaban J connectivity index is 1.73. The fourth-order valence-corrected chi connectivity index (χ4v) is 5.04. The summed E-state index contributed by atoms with van der Waals surface area (Å²) in [6, 6.07) is 16.6. The first-order valence-electron chi connectivity index (χ1n) is 12.1. The molecule has 2 aliphatic heterocycles. The number of amidine groups is 1. The van der Waals surface area contributed by atoms with Crippen LogP contribution in [0.5, 0.6) is 11.5 Å². The maximum absolute atomic E-state index is 13.4. The van der Waals surface area contributed by atoms with E-state index in [0.29, 0.717) is 41.1 Å². The molecule has 2 aromatic carbocycles. The number of carbonyl (C=O) groups excluding carboxylic acids is 2. The molecule has 0 aliphatic carbocycles. The summed E-state index contributed by atoms with van der Waals surface area (Å²) >= 11 is 1.45. The number of hydrogen-bond acceptors (Lipinski definition) is 8. The molecule has 0 radical (unpaired) electrons. The Hall–Kier alpha value is -3.56. The Morgan fingerprint density at radius 2 is 1.84 bits per heavy atom. The number of rotatable bonds is 10. The zero-order valence-electron chi connectivity index (χ0n) is 21.5. The summed E-state index contributed by atoms with van der Waals surface area (Å²) in [5.74, 6) is 0.870. The van der Waals surface area contributed by atoms with Crippen molar-refractivity contribution in [2.75, 3.05) is 33.9 Å². The van der Waals surface area contributed by atoms with Gasteiger partial charge in [0.1, 0.15) is 18.1 Å². The lowest BCUT2D eigenvalue weighted by Gasteiger charge is -2.36. The Kier molecular flexibility index (Phi) is 8.68. The summed E-state index contributed by atoms with van der Waals surface area (Å²) in [5.41, 5.74) is 2.60. The SMILES string of the molecule is CCN(C)C(=O)CC1=CSC2=NC(C)=C(C(=O)OCCOC)C(c3cccc(Oc4ccccc4)c3)N12. The topological polar surface area (TPSA) is 80.7 Å². The van der Waals surface area contributed by atoms with Gasteiger partial charge in [-0.15, -0.1) is 0 Å². The number of para-hydroxylation sites is 1. The molecule has 0 spiro atoms. The van der Waals surface area contributed by atoms with Gasteiger partial charge in [0.15, 0.2) is 5.17 Å². The lowest BCUT2D eigenvalue weighted by atomic mass is 9.93. The Morgan fingerprint density at radius 1 is 1.08 bits per heavy atom. The van der Waals surface area contributed by atoms with Crippen molar-refractivity contribution >= 4 is 28.8 Å². The van der Waals surface area contributed by atoms with Crippen LogP contribution >= 0.6 is 11.8 Å². The first kappa shape index (κ1) is 26.5. The van der Waals surface area contributed by atoms with Gasteiger partial charge in [0.05, 0.1) is 30.3 Å². The fourth-order valence-electron chi connectivity index (χ4n) is 4.08. The van der Waals surface area contributed by atoms with Crippen molar-refractivity contribution in [3.63, 3.8) is 0 Å². The van der Waals surface area contributed by atoms with E-state index in [1.54, 1.807) is 19.1 Å². The first-order chi connectivity index (χ1) is 17.9. The molecule has 0 saturated carbocycles. The molecule has 0 fully saturated rings. The van der Waals surface area contributed by atoms with Crippen LogP contribution in [0.2, 0.25) is 0 Å². The van der Waals surface area contributed by atoms with Crippen LogP contribution in [0, 0.1) is 0 Å². The van der Waals surface area contributed by atoms with Gasteiger partial charge in [0.25, 0.3) is 0 Å². The van der Waals surface area contributed by atoms with Gasteiger partial charge >= 0.3 is 5.97 Å². The average molecular weight is 522 g/mol. The molecule has 0 N–H and O–H groups in total. The Bertz CT molecular complexity index is 1240. The molecule has 1 atom stereocenters. The van der Waals surface area contributed by atoms with Crippen molar-refractivity contribution in [1.82, 2.24) is 9.80 Å². The maximum atomic E-state index is 13.4. The number of amides is 1. The normalized spacial score (nSPS) is 16.6. The van der Waals surface area contributed by atoms with E-state index < -0.39 is 12.0 Å². The van der Waals surface area contributed by atoms with Gasteiger partial charge in [0.2, 0.25) is 5.91 Å². The van der Waals surface area contributed by atoms with Gasteiger partial charge < -0.3 is 24.0 Å². The van der Waals surface area contributed by atoms with Gasteiger partial charge in [-0.1, -0.05) is 42.1 Å². The maximum Gasteiger partial charge on any atom is 0.338 e. The molecular weight excluding hydrogens is 490 g/mol. The van der Waals surface area contributed by atoms with Gasteiger partial charge in [-0.3, -0.25) is 4.79 Å². The number of methoxy groups -OCH3 is 1. The number of allylic oxidation sites excluding steroid dienone is 1. The van der Waals surface area contributed by atoms with Gasteiger partial charge in [-0.2, -0.15) is 0 Å². The Morgan fingerprint density at radius 3 is 2.57 bits per heavy atom. The summed E-state index contributed by atoms with van der Waals surface area (Å²) < 4.78 is 16.7. The van der Waals surface area contributed by atoms with Gasteiger partial charge in [-0.05, 0) is 49.1 Å². The minimum absolute atomic E-state index is 0.00833. The summed E-state index contributed by atoms with van der Waals surface area (Å²) in [5, 5.41) is 2.65. The molecule has 9 heteroatoms. The summed E-state index contributed by atoms with van der Waals surface area (Å²) in [6.07, 6.45) is 0.193. The van der Waals surface area contributed by atoms with Crippen molar-refractivity contribution < 1.29 is 23.8 Å². The van der Waals surface area contributed by atoms with Crippen LogP contribution in [-0.2, 0) is 19.1 Å². The van der Waals surface area contributed by atoms with Crippen LogP contribution < -0.4 is 4.74 Å². The molecule has 0 aromatic heterocycles. The number of thioether (sulfide) groups is 1. The third-order valence-electron chi connectivity index (χ3n) is 6.13. The number of benzene rings is 2. The average Bonchev–Trinajstić information content (AvgIpc) is 3.29. The van der Waals surface area contributed by atoms with E-state index >= 15 is 0 Å². The number of nitrogens with zero attached hydrogens (tertiary/aromatic N) is 3. The minimum Gasteiger partial charge on any atom is -0.460 e. The molecule has 2 aromatic rings. The molecule has 0 bridgehead atoms. The van der Waals surface area contributed by atoms with Gasteiger partial charge in [0, 0.05) is 26.4 Å². The third kappa shape index (κ3) is 6.06. The van der Waals surface area contributed by atoms with Crippen LogP contribution in [0.25, 0.3) is 0 Å². The highest BCUT2D eigenvalue weighted by Gasteiger charge is 2.41. The molecule has 2 aliphatic rings. The molecule has 1 unspecified atom stereocenters. The summed E-state index contributed by atoms with van der Waals surface area (Å²) in [6.45, 7) is 4.77. The van der Waals surface area contributed by atoms with Crippen molar-refractivity contribution in [1.29, 1.82) is 0 Å². The van der Waals surface area contributed by atoms with Crippen LogP contribution in [0.15, 0.2) is 82.0 Å². The lowest BCUT2D eigenvalue weighted by molar-refractivity contribution is -0.141. The highest BCUT2D eigenvalue weighted by molar-refractivity contribution is 8.16. The monoisotopic (exact) mass is 521 g/mol. The van der Waals surface area contributed by atoms with E-state index in [1.807, 2.05) is 78.8 Å². The molecule has 194 valence electrons. The quantitative estimate of drug-likeness (QED) is 0.317. The minimum atomic E-state index is -0.539. The van der Waals surface area contributed by atoms with E-state index in [1.165, 1.54) is 11.8 Å². The van der Waals surface area contributed by atoms with Crippen molar-refractivity contribution in [2.24, 2.45) is 4.99 Å². The number of hydrogen-bond donors (Lipinski definition) is 0. The van der Waals surface area contributed by atoms with Crippen LogP contribution in [-0.4, -0.2) is 60.8 Å². The molecule has 8 nitrogen and oxygen atoms in total. The van der Waals surface area contributed by atoms with E-state index in [2.05, 4.69) is 0 Å². The van der Waals surface area contributed by atoms with Crippen molar-refractivity contribution in [3.05, 3.63) is 82.5 Å². The molecule has 4 rings (SSSR count). The second-order valence-corrected chi connectivity index (χ2v) is 9.43. The molecule has 1 amide bonds. The molecular formula is C28H31N3O5S. The first-order valence-corrected chi connectivity index (χ1v) is 13.0. The zero-order chi connectivity index (χ0) is 26.4. The third-order valence-corrected chi connectivity index (χ3v) is 7.02. The van der Waals surface area contributed by atoms with E-state index in [0.717, 1.165) is 11.3 Å². The second kappa shape index (κ2) is 12.1. The number of ether oxygens (including phenoxy) is 3. The van der Waals surface area contributed by atoms with Crippen LogP contribution in [0.3, 0.4) is 0 Å². The predicted octanol–water partition coefficient (Wildman–Crippen LogP) is 5.11. The lowest BCUT2D eigenvalue weighted by Crippen LogP contribution is -2.38. The number of carbonyl (C=O) groups is 2. The molecule has 2 heterocycles. The number of aliphatic imine (C=N–C) groups is 1. The van der Waals surface area contributed by atoms with Gasteiger partial charge in [-0.25, -0.2) is 9.79 Å². The summed E-state index contributed by atoms with van der Waals surface area (Å²) in [7, 11) is 3.33. The highest BCUT2D eigenvalue weighted by Crippen LogP contribution is 2.45. The summed E-state index contributed by atoms with van der Waals surface area (Å²) in [4.78, 5) is 34.5. The highest BCUT2D eigenvalue weighted by atomic mass is 32.2. The van der Waals surface area contributed by atoms with Crippen LogP contribution in [0.1, 0.15) is 31.9 Å². The standard InChI is InChI=1S/C28H31N3O5S/c1-5-30(3)24(32)17-21-18-37-28-29-19(2)25(27(33)35-15-14-34-4)26(31(21)28)20-10-9-13-23(16-20)36-22-11-7-6-8-12-22/h6-13,16,18,26H,5,14-15,17H2,1-4H3.